The normalized spacial score (nSPS) is 15.9. The second-order valence-corrected chi connectivity index (χ2v) is 7.42. The molecule has 0 aliphatic carbocycles. The summed E-state index contributed by atoms with van der Waals surface area (Å²) < 4.78 is 16.7. The maximum Gasteiger partial charge on any atom is 0.338 e. The maximum absolute atomic E-state index is 12.8. The number of ether oxygens (including phenoxy) is 3. The molecule has 0 saturated heterocycles. The van der Waals surface area contributed by atoms with Crippen LogP contribution in [0.15, 0.2) is 59.8 Å². The lowest BCUT2D eigenvalue weighted by molar-refractivity contribution is -0.139. The van der Waals surface area contributed by atoms with Gasteiger partial charge in [0.05, 0.1) is 25.3 Å². The summed E-state index contributed by atoms with van der Waals surface area (Å²) in [7, 11) is 1.57. The van der Waals surface area contributed by atoms with Crippen molar-refractivity contribution in [3.8, 4) is 11.5 Å². The number of urea groups is 1. The van der Waals surface area contributed by atoms with Gasteiger partial charge in [0.15, 0.2) is 11.5 Å². The lowest BCUT2D eigenvalue weighted by Gasteiger charge is -2.31. The van der Waals surface area contributed by atoms with Crippen LogP contribution in [0, 0.1) is 5.92 Å². The Kier molecular flexibility index (Phi) is 7.18. The summed E-state index contributed by atoms with van der Waals surface area (Å²) in [5.41, 5.74) is 2.64. The van der Waals surface area contributed by atoms with Gasteiger partial charge in [-0.3, -0.25) is 0 Å². The first-order chi connectivity index (χ1) is 14.9. The summed E-state index contributed by atoms with van der Waals surface area (Å²) in [4.78, 5) is 25.1. The number of carbonyl (C=O) groups excluding carboxylic acids is 2. The Hall–Kier alpha value is -3.48. The van der Waals surface area contributed by atoms with Crippen molar-refractivity contribution >= 4 is 12.0 Å². The molecule has 0 fully saturated rings. The first kappa shape index (κ1) is 22.2. The van der Waals surface area contributed by atoms with E-state index in [4.69, 9.17) is 14.2 Å². The number of esters is 1. The zero-order chi connectivity index (χ0) is 22.4. The average Bonchev–Trinajstić information content (AvgIpc) is 2.77. The Bertz CT molecular complexity index is 969. The molecule has 1 aliphatic heterocycles. The smallest absolute Gasteiger partial charge is 0.338 e. The van der Waals surface area contributed by atoms with Crippen LogP contribution in [0.25, 0.3) is 0 Å². The molecule has 2 N–H and O–H groups in total. The molecule has 2 aromatic carbocycles. The van der Waals surface area contributed by atoms with E-state index in [1.807, 2.05) is 50.2 Å². The van der Waals surface area contributed by atoms with Crippen molar-refractivity contribution in [3.63, 3.8) is 0 Å². The summed E-state index contributed by atoms with van der Waals surface area (Å²) in [6.07, 6.45) is 0. The highest BCUT2D eigenvalue weighted by Gasteiger charge is 2.35. The Balaban J connectivity index is 1.99. The molecule has 0 radical (unpaired) electrons. The van der Waals surface area contributed by atoms with Crippen molar-refractivity contribution in [2.75, 3.05) is 13.7 Å². The Morgan fingerprint density at radius 2 is 1.84 bits per heavy atom. The van der Waals surface area contributed by atoms with Gasteiger partial charge in [0.2, 0.25) is 0 Å². The van der Waals surface area contributed by atoms with Crippen LogP contribution in [0.3, 0.4) is 0 Å². The van der Waals surface area contributed by atoms with Gasteiger partial charge in [-0.05, 0) is 36.1 Å². The number of carbonyl (C=O) groups is 2. The highest BCUT2D eigenvalue weighted by molar-refractivity contribution is 5.95. The maximum atomic E-state index is 12.8. The van der Waals surface area contributed by atoms with Gasteiger partial charge in [0.25, 0.3) is 0 Å². The van der Waals surface area contributed by atoms with Crippen LogP contribution in [-0.4, -0.2) is 25.7 Å². The molecular weight excluding hydrogens is 396 g/mol. The van der Waals surface area contributed by atoms with Crippen LogP contribution in [0.1, 0.15) is 37.9 Å². The van der Waals surface area contributed by atoms with Crippen molar-refractivity contribution in [2.24, 2.45) is 5.92 Å². The summed E-state index contributed by atoms with van der Waals surface area (Å²) in [6.45, 7) is 6.18. The fraction of sp³-hybridized carbons (Fsp3) is 0.333. The largest absolute Gasteiger partial charge is 0.493 e. The van der Waals surface area contributed by atoms with Gasteiger partial charge in [0, 0.05) is 5.70 Å². The molecule has 0 aromatic heterocycles. The van der Waals surface area contributed by atoms with Crippen molar-refractivity contribution in [1.29, 1.82) is 0 Å². The van der Waals surface area contributed by atoms with Crippen molar-refractivity contribution in [3.05, 3.63) is 70.9 Å². The molecule has 164 valence electrons. The van der Waals surface area contributed by atoms with E-state index in [1.165, 1.54) is 0 Å². The van der Waals surface area contributed by atoms with Crippen molar-refractivity contribution in [1.82, 2.24) is 10.6 Å². The minimum Gasteiger partial charge on any atom is -0.493 e. The molecule has 2 aromatic rings. The van der Waals surface area contributed by atoms with E-state index in [9.17, 15) is 9.59 Å². The van der Waals surface area contributed by atoms with Crippen molar-refractivity contribution in [2.45, 2.75) is 33.4 Å². The molecule has 31 heavy (non-hydrogen) atoms. The van der Waals surface area contributed by atoms with Gasteiger partial charge < -0.3 is 24.8 Å². The lowest BCUT2D eigenvalue weighted by atomic mass is 9.91. The predicted molar refractivity (Wildman–Crippen MR) is 117 cm³/mol. The second-order valence-electron chi connectivity index (χ2n) is 7.42. The molecule has 0 saturated carbocycles. The lowest BCUT2D eigenvalue weighted by Crippen LogP contribution is -2.47. The Labute approximate surface area is 182 Å². The van der Waals surface area contributed by atoms with Gasteiger partial charge in [-0.25, -0.2) is 9.59 Å². The molecule has 7 heteroatoms. The fourth-order valence-corrected chi connectivity index (χ4v) is 3.45. The second kappa shape index (κ2) is 10.0. The van der Waals surface area contributed by atoms with E-state index in [2.05, 4.69) is 10.6 Å². The predicted octanol–water partition coefficient (Wildman–Crippen LogP) is 4.10. The third-order valence-corrected chi connectivity index (χ3v) is 4.93. The highest BCUT2D eigenvalue weighted by atomic mass is 16.5. The summed E-state index contributed by atoms with van der Waals surface area (Å²) in [5, 5.41) is 5.60. The number of benzene rings is 2. The number of amides is 2. The first-order valence-corrected chi connectivity index (χ1v) is 10.3. The van der Waals surface area contributed by atoms with Crippen LogP contribution in [-0.2, 0) is 16.1 Å². The third-order valence-electron chi connectivity index (χ3n) is 4.93. The molecule has 7 nitrogen and oxygen atoms in total. The summed E-state index contributed by atoms with van der Waals surface area (Å²) in [6, 6.07) is 14.1. The average molecular weight is 424 g/mol. The number of hydrogen-bond donors (Lipinski definition) is 2. The van der Waals surface area contributed by atoms with Crippen LogP contribution in [0.5, 0.6) is 11.5 Å². The van der Waals surface area contributed by atoms with E-state index < -0.39 is 12.0 Å². The topological polar surface area (TPSA) is 85.9 Å². The number of methoxy groups -OCH3 is 1. The molecular formula is C24H28N2O5. The van der Waals surface area contributed by atoms with E-state index in [0.717, 1.165) is 5.56 Å². The van der Waals surface area contributed by atoms with Crippen LogP contribution in [0.4, 0.5) is 4.79 Å². The van der Waals surface area contributed by atoms with Crippen LogP contribution >= 0.6 is 0 Å². The van der Waals surface area contributed by atoms with Crippen LogP contribution in [0.2, 0.25) is 0 Å². The zero-order valence-corrected chi connectivity index (χ0v) is 18.2. The molecule has 1 unspecified atom stereocenters. The molecule has 3 rings (SSSR count). The molecule has 0 spiro atoms. The molecule has 1 heterocycles. The first-order valence-electron chi connectivity index (χ1n) is 10.3. The number of hydrogen-bond acceptors (Lipinski definition) is 5. The minimum atomic E-state index is -0.671. The van der Waals surface area contributed by atoms with Crippen molar-refractivity contribution < 1.29 is 23.8 Å². The van der Waals surface area contributed by atoms with Gasteiger partial charge in [-0.1, -0.05) is 50.2 Å². The molecule has 0 bridgehead atoms. The van der Waals surface area contributed by atoms with E-state index >= 15 is 0 Å². The molecule has 2 amide bonds. The number of rotatable bonds is 8. The van der Waals surface area contributed by atoms with Gasteiger partial charge in [-0.15, -0.1) is 0 Å². The van der Waals surface area contributed by atoms with E-state index in [0.29, 0.717) is 34.9 Å². The highest BCUT2D eigenvalue weighted by Crippen LogP contribution is 2.36. The SMILES string of the molecule is CCOC(=O)C1=C(C(C)C)NC(=O)NC1c1ccc(OC)c(OCc2ccccc2)c1. The quantitative estimate of drug-likeness (QED) is 0.623. The van der Waals surface area contributed by atoms with E-state index in [1.54, 1.807) is 26.2 Å². The molecule has 1 atom stereocenters. The van der Waals surface area contributed by atoms with Gasteiger partial charge in [-0.2, -0.15) is 0 Å². The summed E-state index contributed by atoms with van der Waals surface area (Å²) >= 11 is 0. The zero-order valence-electron chi connectivity index (χ0n) is 18.2. The minimum absolute atomic E-state index is 0.0694. The fourth-order valence-electron chi connectivity index (χ4n) is 3.45. The summed E-state index contributed by atoms with van der Waals surface area (Å²) in [5.74, 6) is 0.544. The Morgan fingerprint density at radius 1 is 1.10 bits per heavy atom. The van der Waals surface area contributed by atoms with Crippen LogP contribution < -0.4 is 20.1 Å². The standard InChI is InChI=1S/C24H28N2O5/c1-5-30-23(27)20-21(15(2)3)25-24(28)26-22(20)17-11-12-18(29-4)19(13-17)31-14-16-9-7-6-8-10-16/h6-13,15,22H,5,14H2,1-4H3,(H2,25,26,28). The molecule has 1 aliphatic rings. The monoisotopic (exact) mass is 424 g/mol. The van der Waals surface area contributed by atoms with Gasteiger partial charge in [0.1, 0.15) is 6.61 Å². The number of allylic oxidation sites excluding steroid dienone is 1. The van der Waals surface area contributed by atoms with Gasteiger partial charge >= 0.3 is 12.0 Å². The van der Waals surface area contributed by atoms with E-state index in [-0.39, 0.29) is 18.6 Å². The third kappa shape index (κ3) is 5.17. The Morgan fingerprint density at radius 3 is 2.48 bits per heavy atom. The number of nitrogens with one attached hydrogen (secondary N) is 2.